The fraction of sp³-hybridized carbons (Fsp3) is 0.440. The number of aromatic nitrogens is 1. The number of nitrogens with one attached hydrogen (secondary N) is 2. The van der Waals surface area contributed by atoms with Crippen molar-refractivity contribution in [3.8, 4) is 0 Å². The number of likely N-dealkylation sites (tertiary alicyclic amines) is 1. The van der Waals surface area contributed by atoms with Crippen LogP contribution in [0.1, 0.15) is 49.7 Å². The molecule has 1 saturated heterocycles. The molecule has 6 rings (SSSR count). The zero-order valence-electron chi connectivity index (χ0n) is 17.1. The minimum Gasteiger partial charge on any atom is -0.472 e. The lowest BCUT2D eigenvalue weighted by Gasteiger charge is -2.47. The Balaban J connectivity index is 1.34. The smallest absolute Gasteiger partial charge is 0.0940 e. The summed E-state index contributed by atoms with van der Waals surface area (Å²) in [4.78, 5) is 6.27. The summed E-state index contributed by atoms with van der Waals surface area (Å²) in [5, 5.41) is 5.46. The molecule has 0 spiro atoms. The lowest BCUT2D eigenvalue weighted by molar-refractivity contribution is 0.102. The Hall–Kier alpha value is -2.46. The predicted molar refractivity (Wildman–Crippen MR) is 117 cm³/mol. The van der Waals surface area contributed by atoms with Crippen molar-refractivity contribution in [1.82, 2.24) is 15.2 Å². The van der Waals surface area contributed by atoms with Crippen LogP contribution in [-0.4, -0.2) is 35.1 Å². The second-order valence-corrected chi connectivity index (χ2v) is 9.01. The van der Waals surface area contributed by atoms with E-state index < -0.39 is 0 Å². The van der Waals surface area contributed by atoms with Gasteiger partial charge in [-0.05, 0) is 67.5 Å². The molecular formula is C25H29N3O. The van der Waals surface area contributed by atoms with Gasteiger partial charge in [-0.25, -0.2) is 0 Å². The first-order valence-corrected chi connectivity index (χ1v) is 11.2. The summed E-state index contributed by atoms with van der Waals surface area (Å²) in [7, 11) is 0. The number of ether oxygens (including phenoxy) is 1. The molecule has 0 saturated carbocycles. The van der Waals surface area contributed by atoms with E-state index in [0.29, 0.717) is 18.0 Å². The van der Waals surface area contributed by atoms with Crippen LogP contribution in [0, 0.1) is 0 Å². The van der Waals surface area contributed by atoms with Gasteiger partial charge >= 0.3 is 0 Å². The molecule has 2 aromatic rings. The summed E-state index contributed by atoms with van der Waals surface area (Å²) < 4.78 is 5.38. The molecule has 2 N–H and O–H groups in total. The number of aromatic amines is 1. The van der Waals surface area contributed by atoms with Gasteiger partial charge in [0.1, 0.15) is 0 Å². The Morgan fingerprint density at radius 3 is 3.17 bits per heavy atom. The van der Waals surface area contributed by atoms with Crippen LogP contribution < -0.4 is 5.32 Å². The highest BCUT2D eigenvalue weighted by Gasteiger charge is 2.41. The maximum absolute atomic E-state index is 5.38. The van der Waals surface area contributed by atoms with Crippen molar-refractivity contribution in [2.24, 2.45) is 0 Å². The Morgan fingerprint density at radius 2 is 2.24 bits per heavy atom. The first kappa shape index (κ1) is 17.4. The molecule has 0 bridgehead atoms. The van der Waals surface area contributed by atoms with Crippen molar-refractivity contribution < 1.29 is 4.74 Å². The molecule has 1 fully saturated rings. The Morgan fingerprint density at radius 1 is 1.28 bits per heavy atom. The van der Waals surface area contributed by atoms with E-state index in [1.807, 2.05) is 6.26 Å². The Kier molecular flexibility index (Phi) is 4.08. The molecule has 1 aromatic carbocycles. The summed E-state index contributed by atoms with van der Waals surface area (Å²) in [5.41, 5.74) is 8.47. The standard InChI is InChI=1S/C25H29N3O/c1-2-9-28-14-18(27-22-7-6-16-15-29-10-8-19(16)22)12-21-20-4-3-5-23-25(20)17(13-26-23)11-24(21)28/h3-5,8,10,13,15,18,21,24,26-27H,2,6-7,9,11-12,14H2,1H3/t18?,21-,24-/m1/s1. The van der Waals surface area contributed by atoms with Crippen molar-refractivity contribution in [3.63, 3.8) is 0 Å². The number of nitrogens with zero attached hydrogens (tertiary/aromatic N) is 1. The van der Waals surface area contributed by atoms with Crippen LogP contribution in [0.5, 0.6) is 0 Å². The lowest BCUT2D eigenvalue weighted by Crippen LogP contribution is -2.55. The Bertz CT molecular complexity index is 1040. The highest BCUT2D eigenvalue weighted by molar-refractivity contribution is 5.88. The van der Waals surface area contributed by atoms with Crippen LogP contribution in [0.3, 0.4) is 0 Å². The number of hydrogen-bond donors (Lipinski definition) is 2. The molecule has 4 heteroatoms. The van der Waals surface area contributed by atoms with Crippen molar-refractivity contribution in [1.29, 1.82) is 0 Å². The number of allylic oxidation sites excluding steroid dienone is 4. The first-order valence-electron chi connectivity index (χ1n) is 11.2. The Labute approximate surface area is 172 Å². The number of benzene rings is 1. The zero-order chi connectivity index (χ0) is 19.4. The van der Waals surface area contributed by atoms with E-state index >= 15 is 0 Å². The molecule has 2 aliphatic carbocycles. The normalized spacial score (nSPS) is 28.2. The minimum atomic E-state index is 0.497. The van der Waals surface area contributed by atoms with E-state index in [2.05, 4.69) is 52.6 Å². The van der Waals surface area contributed by atoms with Crippen molar-refractivity contribution in [2.75, 3.05) is 13.1 Å². The van der Waals surface area contributed by atoms with E-state index in [-0.39, 0.29) is 0 Å². The van der Waals surface area contributed by atoms with Crippen molar-refractivity contribution in [3.05, 3.63) is 71.0 Å². The van der Waals surface area contributed by atoms with Gasteiger partial charge in [0.25, 0.3) is 0 Å². The molecule has 150 valence electrons. The molecule has 29 heavy (non-hydrogen) atoms. The van der Waals surface area contributed by atoms with E-state index in [9.17, 15) is 0 Å². The number of fused-ring (bicyclic) bond motifs is 3. The highest BCUT2D eigenvalue weighted by atomic mass is 16.5. The fourth-order valence-corrected chi connectivity index (χ4v) is 6.12. The molecule has 3 atom stereocenters. The quantitative estimate of drug-likeness (QED) is 0.797. The molecule has 0 amide bonds. The maximum atomic E-state index is 5.38. The average molecular weight is 388 g/mol. The van der Waals surface area contributed by atoms with Gasteiger partial charge in [0, 0.05) is 52.9 Å². The summed E-state index contributed by atoms with van der Waals surface area (Å²) in [6.07, 6.45) is 13.9. The maximum Gasteiger partial charge on any atom is 0.0940 e. The van der Waals surface area contributed by atoms with Crippen LogP contribution >= 0.6 is 0 Å². The van der Waals surface area contributed by atoms with Gasteiger partial charge in [-0.3, -0.25) is 4.90 Å². The molecule has 4 nitrogen and oxygen atoms in total. The van der Waals surface area contributed by atoms with E-state index in [1.54, 1.807) is 11.8 Å². The fourth-order valence-electron chi connectivity index (χ4n) is 6.12. The average Bonchev–Trinajstić information content (AvgIpc) is 3.35. The second-order valence-electron chi connectivity index (χ2n) is 9.01. The van der Waals surface area contributed by atoms with E-state index in [4.69, 9.17) is 4.74 Å². The van der Waals surface area contributed by atoms with Crippen LogP contribution in [0.4, 0.5) is 0 Å². The molecule has 1 aromatic heterocycles. The van der Waals surface area contributed by atoms with Gasteiger partial charge in [-0.2, -0.15) is 0 Å². The SMILES string of the molecule is CCCN1CC(NC2=C3C=COC=C3CC2)C[C@@H]2c3cccc4[nH]cc(c34)C[C@H]21. The van der Waals surface area contributed by atoms with Gasteiger partial charge in [0.05, 0.1) is 12.5 Å². The van der Waals surface area contributed by atoms with Crippen LogP contribution in [0.25, 0.3) is 10.9 Å². The third kappa shape index (κ3) is 2.77. The highest BCUT2D eigenvalue weighted by Crippen LogP contribution is 2.44. The lowest BCUT2D eigenvalue weighted by atomic mass is 9.73. The van der Waals surface area contributed by atoms with Crippen LogP contribution in [0.15, 0.2) is 59.8 Å². The summed E-state index contributed by atoms with van der Waals surface area (Å²) in [6, 6.07) is 7.95. The van der Waals surface area contributed by atoms with Gasteiger partial charge in [-0.15, -0.1) is 0 Å². The van der Waals surface area contributed by atoms with Gasteiger partial charge < -0.3 is 15.0 Å². The van der Waals surface area contributed by atoms with Crippen LogP contribution in [0.2, 0.25) is 0 Å². The minimum absolute atomic E-state index is 0.497. The monoisotopic (exact) mass is 387 g/mol. The van der Waals surface area contributed by atoms with Crippen LogP contribution in [-0.2, 0) is 11.2 Å². The molecule has 2 aliphatic heterocycles. The molecular weight excluding hydrogens is 358 g/mol. The number of H-pyrrole nitrogens is 1. The van der Waals surface area contributed by atoms with E-state index in [1.165, 1.54) is 59.1 Å². The topological polar surface area (TPSA) is 40.3 Å². The zero-order valence-corrected chi connectivity index (χ0v) is 17.1. The van der Waals surface area contributed by atoms with Crippen molar-refractivity contribution in [2.45, 2.75) is 57.0 Å². The number of rotatable bonds is 4. The first-order chi connectivity index (χ1) is 14.3. The summed E-state index contributed by atoms with van der Waals surface area (Å²) in [5.74, 6) is 0.604. The van der Waals surface area contributed by atoms with Gasteiger partial charge in [0.2, 0.25) is 0 Å². The van der Waals surface area contributed by atoms with Gasteiger partial charge in [-0.1, -0.05) is 19.1 Å². The number of hydrogen-bond acceptors (Lipinski definition) is 3. The molecule has 0 radical (unpaired) electrons. The van der Waals surface area contributed by atoms with E-state index in [0.717, 1.165) is 19.4 Å². The number of piperidine rings is 1. The van der Waals surface area contributed by atoms with Gasteiger partial charge in [0.15, 0.2) is 0 Å². The summed E-state index contributed by atoms with van der Waals surface area (Å²) in [6.45, 7) is 4.63. The third-order valence-corrected chi connectivity index (χ3v) is 7.30. The third-order valence-electron chi connectivity index (χ3n) is 7.30. The molecule has 4 aliphatic rings. The largest absolute Gasteiger partial charge is 0.472 e. The molecule has 3 heterocycles. The second kappa shape index (κ2) is 6.81. The molecule has 1 unspecified atom stereocenters. The summed E-state index contributed by atoms with van der Waals surface area (Å²) >= 11 is 0. The predicted octanol–water partition coefficient (Wildman–Crippen LogP) is 4.73. The van der Waals surface area contributed by atoms with Crippen molar-refractivity contribution >= 4 is 10.9 Å².